The summed E-state index contributed by atoms with van der Waals surface area (Å²) in [7, 11) is 0. The first-order valence-corrected chi connectivity index (χ1v) is 19.6. The number of pyridine rings is 2. The van der Waals surface area contributed by atoms with Crippen molar-refractivity contribution in [1.29, 1.82) is 0 Å². The van der Waals surface area contributed by atoms with E-state index in [0.717, 1.165) is 111 Å². The zero-order valence-corrected chi connectivity index (χ0v) is 31.7. The third-order valence-electron chi connectivity index (χ3n) is 11.7. The van der Waals surface area contributed by atoms with Gasteiger partial charge in [0.2, 0.25) is 0 Å². The summed E-state index contributed by atoms with van der Waals surface area (Å²) < 4.78 is 14.0. The molecule has 6 aromatic carbocycles. The van der Waals surface area contributed by atoms with Gasteiger partial charge in [0.1, 0.15) is 0 Å². The minimum atomic E-state index is 0.688. The van der Waals surface area contributed by atoms with Crippen LogP contribution in [0.15, 0.2) is 187 Å². The largest absolute Gasteiger partial charge is 0.452 e. The van der Waals surface area contributed by atoms with Crippen molar-refractivity contribution in [2.45, 2.75) is 0 Å². The third-order valence-corrected chi connectivity index (χ3v) is 11.7. The molecule has 2 N–H and O–H groups in total. The molecule has 0 aliphatic rings. The molecule has 0 saturated heterocycles. The lowest BCUT2D eigenvalue weighted by Crippen LogP contribution is -1.99. The summed E-state index contributed by atoms with van der Waals surface area (Å²) >= 11 is 0. The molecule has 7 heteroatoms. The number of nitrogen functional groups attached to an aromatic ring is 1. The summed E-state index contributed by atoms with van der Waals surface area (Å²) in [6.07, 6.45) is 9.45. The van der Waals surface area contributed by atoms with Gasteiger partial charge in [-0.25, -0.2) is 0 Å². The number of anilines is 1. The quantitative estimate of drug-likeness (QED) is 0.171. The highest BCUT2D eigenvalue weighted by molar-refractivity contribution is 6.15. The van der Waals surface area contributed by atoms with Gasteiger partial charge in [0.15, 0.2) is 11.2 Å². The minimum absolute atomic E-state index is 0.688. The van der Waals surface area contributed by atoms with E-state index in [0.29, 0.717) is 5.69 Å². The Morgan fingerprint density at radius 3 is 1.92 bits per heavy atom. The Labute approximate surface area is 337 Å². The molecular weight excluding hydrogens is 725 g/mol. The minimum Gasteiger partial charge on any atom is -0.452 e. The molecule has 0 aliphatic carbocycles. The van der Waals surface area contributed by atoms with Gasteiger partial charge >= 0.3 is 0 Å². The van der Waals surface area contributed by atoms with Crippen LogP contribution in [0.25, 0.3) is 111 Å². The van der Waals surface area contributed by atoms with Crippen LogP contribution in [0.1, 0.15) is 5.69 Å². The lowest BCUT2D eigenvalue weighted by atomic mass is 9.99. The maximum absolute atomic E-state index is 7.22. The number of benzene rings is 6. The van der Waals surface area contributed by atoms with Gasteiger partial charge in [0.05, 0.1) is 61.4 Å². The summed E-state index contributed by atoms with van der Waals surface area (Å²) in [5, 5.41) is 5.13. The molecule has 59 heavy (non-hydrogen) atoms. The fraction of sp³-hybridized carbons (Fsp3) is 0. The summed E-state index contributed by atoms with van der Waals surface area (Å²) in [5.41, 5.74) is 22.2. The lowest BCUT2D eigenvalue weighted by molar-refractivity contribution is 0.663. The summed E-state index contributed by atoms with van der Waals surface area (Å²) in [6.45, 7) is 3.97. The number of rotatable bonds is 6. The first-order valence-electron chi connectivity index (χ1n) is 19.6. The van der Waals surface area contributed by atoms with Crippen molar-refractivity contribution in [1.82, 2.24) is 23.7 Å². The maximum Gasteiger partial charge on any atom is 0.159 e. The second-order valence-electron chi connectivity index (χ2n) is 14.9. The average molecular weight is 759 g/mol. The van der Waals surface area contributed by atoms with E-state index < -0.39 is 0 Å². The van der Waals surface area contributed by atoms with Gasteiger partial charge in [-0.15, -0.1) is 0 Å². The molecule has 0 amide bonds. The van der Waals surface area contributed by atoms with Crippen molar-refractivity contribution in [3.63, 3.8) is 0 Å². The molecule has 0 spiro atoms. The van der Waals surface area contributed by atoms with Gasteiger partial charge in [-0.2, -0.15) is 0 Å². The Morgan fingerprint density at radius 2 is 1.12 bits per heavy atom. The maximum atomic E-state index is 7.22. The smallest absolute Gasteiger partial charge is 0.159 e. The molecule has 12 aromatic rings. The zero-order chi connectivity index (χ0) is 39.2. The van der Waals surface area contributed by atoms with Crippen LogP contribution in [0.2, 0.25) is 0 Å². The SMILES string of the molecule is C=C/C=C\c1c(N)c2ccccc2n1-c1cc(-c2ccc3c(c2)c2ncccc2n3-c2ccccc2)cc2c1oc1c(-n3c4ccccc4c4ncccc43)cccc12. The van der Waals surface area contributed by atoms with Crippen molar-refractivity contribution in [3.8, 4) is 28.2 Å². The summed E-state index contributed by atoms with van der Waals surface area (Å²) in [4.78, 5) is 9.73. The standard InChI is InChI=1S/C52H34N6O/c1-2-3-19-43-48(53)36-16-7-9-20-40(36)57(43)47-31-33(32-25-26-42-39(29-32)50-44(23-12-28-55-50)56(42)34-14-5-4-6-15-34)30-38-35-18-11-22-46(51(35)59-52(38)47)58-41-21-10-8-17-37(41)49-45(58)24-13-27-54-49/h2-31H,1,53H2/b19-3-. The van der Waals surface area contributed by atoms with Crippen molar-refractivity contribution in [2.75, 3.05) is 5.73 Å². The van der Waals surface area contributed by atoms with E-state index in [1.165, 1.54) is 0 Å². The molecule has 12 rings (SSSR count). The second kappa shape index (κ2) is 12.7. The average Bonchev–Trinajstić information content (AvgIpc) is 4.02. The monoisotopic (exact) mass is 758 g/mol. The fourth-order valence-electron chi connectivity index (χ4n) is 9.16. The molecule has 278 valence electrons. The molecule has 0 unspecified atom stereocenters. The first kappa shape index (κ1) is 33.0. The van der Waals surface area contributed by atoms with Crippen LogP contribution in [-0.2, 0) is 0 Å². The lowest BCUT2D eigenvalue weighted by Gasteiger charge is -2.13. The molecule has 0 saturated carbocycles. The van der Waals surface area contributed by atoms with Gasteiger partial charge in [0, 0.05) is 45.0 Å². The van der Waals surface area contributed by atoms with Gasteiger partial charge in [-0.05, 0) is 96.1 Å². The number of para-hydroxylation sites is 4. The number of nitrogens with two attached hydrogens (primary N) is 1. The number of aromatic nitrogens is 5. The zero-order valence-electron chi connectivity index (χ0n) is 31.7. The van der Waals surface area contributed by atoms with E-state index in [-0.39, 0.29) is 0 Å². The number of allylic oxidation sites excluding steroid dienone is 2. The molecule has 0 radical (unpaired) electrons. The van der Waals surface area contributed by atoms with Crippen LogP contribution >= 0.6 is 0 Å². The van der Waals surface area contributed by atoms with E-state index in [4.69, 9.17) is 20.1 Å². The Morgan fingerprint density at radius 1 is 0.492 bits per heavy atom. The molecule has 6 aromatic heterocycles. The van der Waals surface area contributed by atoms with E-state index in [9.17, 15) is 0 Å². The van der Waals surface area contributed by atoms with Crippen LogP contribution < -0.4 is 5.73 Å². The van der Waals surface area contributed by atoms with E-state index in [1.54, 1.807) is 6.08 Å². The number of hydrogen-bond acceptors (Lipinski definition) is 4. The van der Waals surface area contributed by atoms with Crippen molar-refractivity contribution in [2.24, 2.45) is 0 Å². The predicted molar refractivity (Wildman–Crippen MR) is 244 cm³/mol. The van der Waals surface area contributed by atoms with Crippen LogP contribution in [0.5, 0.6) is 0 Å². The molecule has 0 atom stereocenters. The highest BCUT2D eigenvalue weighted by Crippen LogP contribution is 2.44. The summed E-state index contributed by atoms with van der Waals surface area (Å²) in [5.74, 6) is 0. The predicted octanol–water partition coefficient (Wildman–Crippen LogP) is 13.0. The Kier molecular flexibility index (Phi) is 7.10. The highest BCUT2D eigenvalue weighted by Gasteiger charge is 2.24. The molecule has 0 fully saturated rings. The normalized spacial score (nSPS) is 12.1. The van der Waals surface area contributed by atoms with Crippen LogP contribution in [-0.4, -0.2) is 23.7 Å². The van der Waals surface area contributed by atoms with Crippen molar-refractivity contribution < 1.29 is 4.42 Å². The van der Waals surface area contributed by atoms with E-state index in [1.807, 2.05) is 48.8 Å². The second-order valence-corrected chi connectivity index (χ2v) is 14.9. The highest BCUT2D eigenvalue weighted by atomic mass is 16.3. The number of nitrogens with zero attached hydrogens (tertiary/aromatic N) is 5. The Balaban J connectivity index is 1.19. The molecule has 0 aliphatic heterocycles. The van der Waals surface area contributed by atoms with Gasteiger partial charge in [-0.3, -0.25) is 9.97 Å². The van der Waals surface area contributed by atoms with Crippen LogP contribution in [0, 0.1) is 0 Å². The first-order chi connectivity index (χ1) is 29.2. The number of furan rings is 1. The molecular formula is C52H34N6O. The van der Waals surface area contributed by atoms with Crippen LogP contribution in [0.4, 0.5) is 5.69 Å². The van der Waals surface area contributed by atoms with Gasteiger partial charge in [-0.1, -0.05) is 91.5 Å². The third kappa shape index (κ3) is 4.76. The van der Waals surface area contributed by atoms with Gasteiger partial charge in [0.25, 0.3) is 0 Å². The molecule has 0 bridgehead atoms. The van der Waals surface area contributed by atoms with Crippen molar-refractivity contribution in [3.05, 3.63) is 188 Å². The van der Waals surface area contributed by atoms with Gasteiger partial charge < -0.3 is 23.9 Å². The van der Waals surface area contributed by atoms with E-state index in [2.05, 4.69) is 148 Å². The van der Waals surface area contributed by atoms with E-state index >= 15 is 0 Å². The fourth-order valence-corrected chi connectivity index (χ4v) is 9.16. The molecule has 6 heterocycles. The molecule has 7 nitrogen and oxygen atoms in total. The van der Waals surface area contributed by atoms with Crippen LogP contribution in [0.3, 0.4) is 0 Å². The Hall–Kier alpha value is -8.16. The summed E-state index contributed by atoms with van der Waals surface area (Å²) in [6, 6.07) is 53.0. The topological polar surface area (TPSA) is 79.7 Å². The number of fused-ring (bicyclic) bond motifs is 10. The Bertz CT molecular complexity index is 3660. The van der Waals surface area contributed by atoms with Crippen molar-refractivity contribution >= 4 is 88.5 Å². The number of hydrogen-bond donors (Lipinski definition) is 1.